The Bertz CT molecular complexity index is 1270. The number of nitrogen functional groups attached to an aromatic ring is 1. The molecule has 4 heterocycles. The molecule has 14 heteroatoms. The lowest BCUT2D eigenvalue weighted by Crippen LogP contribution is -2.50. The summed E-state index contributed by atoms with van der Waals surface area (Å²) in [5.41, 5.74) is 6.42. The van der Waals surface area contributed by atoms with Crippen molar-refractivity contribution in [2.24, 2.45) is 0 Å². The molecule has 0 saturated carbocycles. The van der Waals surface area contributed by atoms with Gasteiger partial charge in [0, 0.05) is 6.08 Å². The molecule has 0 amide bonds. The summed E-state index contributed by atoms with van der Waals surface area (Å²) >= 11 is 0. The molecule has 5 rings (SSSR count). The molecule has 35 heavy (non-hydrogen) atoms. The van der Waals surface area contributed by atoms with E-state index in [0.29, 0.717) is 16.9 Å². The van der Waals surface area contributed by atoms with E-state index in [2.05, 4.69) is 20.0 Å². The smallest absolute Gasteiger partial charge is 0.342 e. The fourth-order valence-electron chi connectivity index (χ4n) is 3.68. The van der Waals surface area contributed by atoms with Crippen molar-refractivity contribution < 1.29 is 32.4 Å². The summed E-state index contributed by atoms with van der Waals surface area (Å²) in [6.45, 7) is 3.50. The molecule has 2 aliphatic rings. The summed E-state index contributed by atoms with van der Waals surface area (Å²) in [6, 6.07) is 8.15. The predicted molar refractivity (Wildman–Crippen MR) is 121 cm³/mol. The Kier molecular flexibility index (Phi) is 6.53. The Morgan fingerprint density at radius 2 is 2.00 bits per heavy atom. The first-order chi connectivity index (χ1) is 16.8. The Hall–Kier alpha value is -2.93. The van der Waals surface area contributed by atoms with E-state index in [1.54, 1.807) is 44.2 Å². The van der Waals surface area contributed by atoms with Crippen molar-refractivity contribution in [2.45, 2.75) is 45.0 Å². The Morgan fingerprint density at radius 3 is 2.74 bits per heavy atom. The van der Waals surface area contributed by atoms with Crippen LogP contribution in [0.4, 0.5) is 10.2 Å². The van der Waals surface area contributed by atoms with Gasteiger partial charge in [-0.05, 0) is 26.0 Å². The zero-order valence-electron chi connectivity index (χ0n) is 18.9. The highest BCUT2D eigenvalue weighted by Crippen LogP contribution is 2.45. The SMILES string of the molecule is CC1OC(C(C)N[P@](=O)(COC2C=C(F)C(n3cnc4c(N)ncnc43)O2)Oc2ccccc2)O1. The standard InChI is InChI=1S/C21H24FN6O6P/c1-12(21-31-13(2)32-21)27-35(29,34-14-6-4-3-5-7-14)11-30-16-8-15(22)20(33-16)28-10-26-17-18(23)24-9-25-19(17)28/h3-10,12-13,16,20-21H,11H2,1-2H3,(H,27,29)(H2,23,24,25)/t12?,13?,16?,20?,21?,35-/m0/s1. The number of hydrogen-bond acceptors (Lipinski definition) is 10. The van der Waals surface area contributed by atoms with E-state index in [-0.39, 0.29) is 12.1 Å². The van der Waals surface area contributed by atoms with E-state index in [1.165, 1.54) is 17.2 Å². The van der Waals surface area contributed by atoms with Crippen LogP contribution in [0.3, 0.4) is 0 Å². The predicted octanol–water partition coefficient (Wildman–Crippen LogP) is 3.06. The van der Waals surface area contributed by atoms with Crippen LogP contribution < -0.4 is 15.3 Å². The van der Waals surface area contributed by atoms with E-state index in [9.17, 15) is 8.96 Å². The molecule has 2 aliphatic heterocycles. The highest BCUT2D eigenvalue weighted by atomic mass is 31.2. The van der Waals surface area contributed by atoms with Crippen molar-refractivity contribution in [3.8, 4) is 5.75 Å². The van der Waals surface area contributed by atoms with Gasteiger partial charge in [0.2, 0.25) is 0 Å². The van der Waals surface area contributed by atoms with Gasteiger partial charge in [0.25, 0.3) is 0 Å². The van der Waals surface area contributed by atoms with Crippen molar-refractivity contribution in [3.05, 3.63) is 54.9 Å². The van der Waals surface area contributed by atoms with Gasteiger partial charge in [0.05, 0.1) is 12.4 Å². The van der Waals surface area contributed by atoms with Crippen LogP contribution in [-0.4, -0.2) is 50.8 Å². The average molecular weight is 506 g/mol. The molecular weight excluding hydrogens is 482 g/mol. The van der Waals surface area contributed by atoms with Crippen LogP contribution in [-0.2, 0) is 23.5 Å². The molecule has 0 aliphatic carbocycles. The third kappa shape index (κ3) is 5.06. The number of para-hydroxylation sites is 1. The number of nitrogens with zero attached hydrogens (tertiary/aromatic N) is 4. The Labute approximate surface area is 199 Å². The number of fused-ring (bicyclic) bond motifs is 1. The molecule has 3 aromatic rings. The van der Waals surface area contributed by atoms with E-state index in [0.717, 1.165) is 6.08 Å². The molecule has 1 saturated heterocycles. The molecule has 186 valence electrons. The van der Waals surface area contributed by atoms with Crippen molar-refractivity contribution in [2.75, 3.05) is 12.1 Å². The van der Waals surface area contributed by atoms with Crippen LogP contribution in [0.1, 0.15) is 20.1 Å². The maximum absolute atomic E-state index is 14.8. The van der Waals surface area contributed by atoms with Gasteiger partial charge in [-0.15, -0.1) is 0 Å². The maximum atomic E-state index is 14.8. The normalized spacial score (nSPS) is 26.7. The van der Waals surface area contributed by atoms with Gasteiger partial charge in [-0.1, -0.05) is 18.2 Å². The molecule has 3 N–H and O–H groups in total. The first-order valence-corrected chi connectivity index (χ1v) is 12.6. The second-order valence-corrected chi connectivity index (χ2v) is 10.0. The van der Waals surface area contributed by atoms with Crippen molar-refractivity contribution in [3.63, 3.8) is 0 Å². The van der Waals surface area contributed by atoms with Gasteiger partial charge in [-0.2, -0.15) is 0 Å². The van der Waals surface area contributed by atoms with Crippen molar-refractivity contribution in [1.82, 2.24) is 24.6 Å². The number of nitrogens with two attached hydrogens (primary N) is 1. The molecule has 0 radical (unpaired) electrons. The van der Waals surface area contributed by atoms with Gasteiger partial charge >= 0.3 is 7.52 Å². The summed E-state index contributed by atoms with van der Waals surface area (Å²) in [6.07, 6.45) is 0.0600. The number of aromatic nitrogens is 4. The molecule has 12 nitrogen and oxygen atoms in total. The zero-order chi connectivity index (χ0) is 24.6. The quantitative estimate of drug-likeness (QED) is 0.413. The molecule has 0 bridgehead atoms. The lowest BCUT2D eigenvalue weighted by molar-refractivity contribution is -0.381. The number of halogens is 1. The van der Waals surface area contributed by atoms with E-state index in [1.807, 2.05) is 0 Å². The first-order valence-electron chi connectivity index (χ1n) is 10.8. The second kappa shape index (κ2) is 9.61. The minimum absolute atomic E-state index is 0.164. The van der Waals surface area contributed by atoms with Crippen molar-refractivity contribution >= 4 is 24.5 Å². The van der Waals surface area contributed by atoms with Crippen LogP contribution in [0.15, 0.2) is 54.9 Å². The lowest BCUT2D eigenvalue weighted by atomic mass is 10.3. The van der Waals surface area contributed by atoms with Gasteiger partial charge < -0.3 is 29.2 Å². The van der Waals surface area contributed by atoms with E-state index >= 15 is 0 Å². The molecule has 1 fully saturated rings. The molecule has 2 aromatic heterocycles. The van der Waals surface area contributed by atoms with Gasteiger partial charge in [0.1, 0.15) is 17.6 Å². The minimum Gasteiger partial charge on any atom is -0.431 e. The number of benzene rings is 1. The fraction of sp³-hybridized carbons (Fsp3) is 0.381. The maximum Gasteiger partial charge on any atom is 0.342 e. The summed E-state index contributed by atoms with van der Waals surface area (Å²) in [5.74, 6) is -0.0918. The monoisotopic (exact) mass is 506 g/mol. The third-order valence-electron chi connectivity index (χ3n) is 5.30. The lowest BCUT2D eigenvalue weighted by Gasteiger charge is -2.38. The molecule has 0 spiro atoms. The summed E-state index contributed by atoms with van der Waals surface area (Å²) in [7, 11) is -3.67. The highest BCUT2D eigenvalue weighted by Gasteiger charge is 2.39. The number of ether oxygens (including phenoxy) is 4. The largest absolute Gasteiger partial charge is 0.431 e. The van der Waals surface area contributed by atoms with Crippen LogP contribution >= 0.6 is 7.52 Å². The number of imidazole rings is 1. The Morgan fingerprint density at radius 1 is 1.23 bits per heavy atom. The Balaban J connectivity index is 1.28. The zero-order valence-corrected chi connectivity index (χ0v) is 19.7. The first kappa shape index (κ1) is 23.8. The topological polar surface area (TPSA) is 145 Å². The average Bonchev–Trinajstić information content (AvgIpc) is 3.40. The number of anilines is 1. The van der Waals surface area contributed by atoms with E-state index < -0.39 is 44.5 Å². The van der Waals surface area contributed by atoms with Crippen LogP contribution in [0, 0.1) is 0 Å². The summed E-state index contributed by atoms with van der Waals surface area (Å²) < 4.78 is 57.9. The summed E-state index contributed by atoms with van der Waals surface area (Å²) in [5, 5.41) is 2.91. The molecule has 4 atom stereocenters. The number of hydrogen-bond donors (Lipinski definition) is 2. The van der Waals surface area contributed by atoms with Crippen LogP contribution in [0.5, 0.6) is 5.75 Å². The third-order valence-corrected chi connectivity index (χ3v) is 7.09. The van der Waals surface area contributed by atoms with E-state index in [4.69, 9.17) is 29.2 Å². The molecular formula is C21H24FN6O6P. The highest BCUT2D eigenvalue weighted by molar-refractivity contribution is 7.57. The molecule has 3 unspecified atom stereocenters. The van der Waals surface area contributed by atoms with Gasteiger partial charge in [-0.25, -0.2) is 24.4 Å². The van der Waals surface area contributed by atoms with Crippen molar-refractivity contribution in [1.29, 1.82) is 0 Å². The molecule has 1 aromatic carbocycles. The number of rotatable bonds is 9. The van der Waals surface area contributed by atoms with Crippen LogP contribution in [0.25, 0.3) is 11.2 Å². The van der Waals surface area contributed by atoms with Crippen LogP contribution in [0.2, 0.25) is 0 Å². The van der Waals surface area contributed by atoms with Gasteiger partial charge in [0.15, 0.2) is 48.7 Å². The van der Waals surface area contributed by atoms with Gasteiger partial charge in [-0.3, -0.25) is 9.13 Å². The fourth-order valence-corrected chi connectivity index (χ4v) is 5.41. The minimum atomic E-state index is -3.67. The summed E-state index contributed by atoms with van der Waals surface area (Å²) in [4.78, 5) is 12.1. The second-order valence-electron chi connectivity index (χ2n) is 7.99. The number of nitrogens with one attached hydrogen (secondary N) is 1.